The van der Waals surface area contributed by atoms with Crippen LogP contribution in [0.5, 0.6) is 0 Å². The van der Waals surface area contributed by atoms with E-state index in [1.165, 1.54) is 25.7 Å². The summed E-state index contributed by atoms with van der Waals surface area (Å²) in [4.78, 5) is 12.2. The molecule has 18 heavy (non-hydrogen) atoms. The highest BCUT2D eigenvalue weighted by Gasteiger charge is 2.54. The van der Waals surface area contributed by atoms with Crippen LogP contribution in [-0.2, 0) is 4.79 Å². The van der Waals surface area contributed by atoms with E-state index in [2.05, 4.69) is 11.2 Å². The van der Waals surface area contributed by atoms with Gasteiger partial charge >= 0.3 is 0 Å². The van der Waals surface area contributed by atoms with E-state index in [1.807, 2.05) is 24.3 Å². The molecule has 1 N–H and O–H groups in total. The summed E-state index contributed by atoms with van der Waals surface area (Å²) < 4.78 is 0. The number of anilines is 1. The van der Waals surface area contributed by atoms with Gasteiger partial charge in [0, 0.05) is 17.2 Å². The minimum Gasteiger partial charge on any atom is -0.326 e. The summed E-state index contributed by atoms with van der Waals surface area (Å²) in [7, 11) is 0. The topological polar surface area (TPSA) is 29.1 Å². The van der Waals surface area contributed by atoms with Crippen LogP contribution in [0.1, 0.15) is 31.2 Å². The summed E-state index contributed by atoms with van der Waals surface area (Å²) in [5, 5.41) is 3.00. The van der Waals surface area contributed by atoms with Gasteiger partial charge < -0.3 is 5.32 Å². The molecule has 2 atom stereocenters. The Balaban J connectivity index is 1.66. The molecule has 1 aromatic rings. The summed E-state index contributed by atoms with van der Waals surface area (Å²) in [5.74, 6) is 4.31. The Morgan fingerprint density at radius 2 is 2.00 bits per heavy atom. The zero-order valence-electron chi connectivity index (χ0n) is 10.4. The second kappa shape index (κ2) is 4.49. The summed E-state index contributed by atoms with van der Waals surface area (Å²) in [6.07, 6.45) is 10.4. The van der Waals surface area contributed by atoms with E-state index < -0.39 is 0 Å². The van der Waals surface area contributed by atoms with Crippen molar-refractivity contribution >= 4 is 11.6 Å². The SMILES string of the molecule is C#Cc1cccc(NC(=O)C2C3CCCCC32)c1. The summed E-state index contributed by atoms with van der Waals surface area (Å²) in [6, 6.07) is 7.49. The van der Waals surface area contributed by atoms with Crippen molar-refractivity contribution in [2.45, 2.75) is 25.7 Å². The molecule has 2 aliphatic carbocycles. The second-order valence-electron chi connectivity index (χ2n) is 5.35. The summed E-state index contributed by atoms with van der Waals surface area (Å²) in [6.45, 7) is 0. The van der Waals surface area contributed by atoms with E-state index in [9.17, 15) is 4.79 Å². The van der Waals surface area contributed by atoms with Crippen LogP contribution in [-0.4, -0.2) is 5.91 Å². The molecule has 2 unspecified atom stereocenters. The number of fused-ring (bicyclic) bond motifs is 1. The second-order valence-corrected chi connectivity index (χ2v) is 5.35. The maximum Gasteiger partial charge on any atom is 0.228 e. The number of nitrogens with one attached hydrogen (secondary N) is 1. The fourth-order valence-electron chi connectivity index (χ4n) is 3.29. The van der Waals surface area contributed by atoms with Crippen molar-refractivity contribution < 1.29 is 4.79 Å². The van der Waals surface area contributed by atoms with Crippen molar-refractivity contribution in [1.29, 1.82) is 0 Å². The largest absolute Gasteiger partial charge is 0.326 e. The minimum atomic E-state index is 0.182. The molecule has 0 saturated heterocycles. The molecule has 1 aromatic carbocycles. The first-order chi connectivity index (χ1) is 8.79. The lowest BCUT2D eigenvalue weighted by Crippen LogP contribution is -2.15. The molecule has 1 amide bonds. The Kier molecular flexibility index (Phi) is 2.83. The average molecular weight is 239 g/mol. The van der Waals surface area contributed by atoms with Crippen LogP contribution in [0.25, 0.3) is 0 Å². The van der Waals surface area contributed by atoms with Gasteiger partial charge in [-0.2, -0.15) is 0 Å². The Hall–Kier alpha value is -1.75. The highest BCUT2D eigenvalue weighted by atomic mass is 16.2. The van der Waals surface area contributed by atoms with E-state index in [0.717, 1.165) is 11.3 Å². The number of rotatable bonds is 2. The zero-order valence-corrected chi connectivity index (χ0v) is 10.4. The quantitative estimate of drug-likeness (QED) is 0.790. The molecule has 0 bridgehead atoms. The first-order valence-corrected chi connectivity index (χ1v) is 6.67. The third kappa shape index (κ3) is 2.01. The maximum absolute atomic E-state index is 12.2. The molecule has 2 aliphatic rings. The monoisotopic (exact) mass is 239 g/mol. The van der Waals surface area contributed by atoms with E-state index in [-0.39, 0.29) is 11.8 Å². The Morgan fingerprint density at radius 3 is 2.67 bits per heavy atom. The van der Waals surface area contributed by atoms with Crippen LogP contribution >= 0.6 is 0 Å². The van der Waals surface area contributed by atoms with Gasteiger partial charge in [-0.25, -0.2) is 0 Å². The van der Waals surface area contributed by atoms with Gasteiger partial charge in [-0.15, -0.1) is 6.42 Å². The normalized spacial score (nSPS) is 28.9. The van der Waals surface area contributed by atoms with Gasteiger partial charge in [-0.05, 0) is 42.9 Å². The zero-order chi connectivity index (χ0) is 12.5. The van der Waals surface area contributed by atoms with Gasteiger partial charge in [0.25, 0.3) is 0 Å². The number of hydrogen-bond acceptors (Lipinski definition) is 1. The Bertz CT molecular complexity index is 502. The predicted molar refractivity (Wildman–Crippen MR) is 71.9 cm³/mol. The van der Waals surface area contributed by atoms with Gasteiger partial charge in [0.05, 0.1) is 0 Å². The molecule has 2 saturated carbocycles. The van der Waals surface area contributed by atoms with Crippen molar-refractivity contribution in [3.8, 4) is 12.3 Å². The minimum absolute atomic E-state index is 0.182. The van der Waals surface area contributed by atoms with Gasteiger partial charge in [0.2, 0.25) is 5.91 Å². The first-order valence-electron chi connectivity index (χ1n) is 6.67. The van der Waals surface area contributed by atoms with Crippen LogP contribution in [0.3, 0.4) is 0 Å². The van der Waals surface area contributed by atoms with Gasteiger partial charge in [-0.3, -0.25) is 4.79 Å². The highest BCUT2D eigenvalue weighted by molar-refractivity contribution is 5.95. The maximum atomic E-state index is 12.2. The number of carbonyl (C=O) groups excluding carboxylic acids is 1. The van der Waals surface area contributed by atoms with Crippen molar-refractivity contribution in [2.75, 3.05) is 5.32 Å². The highest BCUT2D eigenvalue weighted by Crippen LogP contribution is 2.55. The standard InChI is InChI=1S/C16H17NO/c1-2-11-6-5-7-12(10-11)17-16(18)15-13-8-3-4-9-14(13)15/h1,5-7,10,13-15H,3-4,8-9H2,(H,17,18). The number of terminal acetylenes is 1. The van der Waals surface area contributed by atoms with Gasteiger partial charge in [-0.1, -0.05) is 24.8 Å². The first kappa shape index (κ1) is 11.3. The van der Waals surface area contributed by atoms with E-state index >= 15 is 0 Å². The fraction of sp³-hybridized carbons (Fsp3) is 0.438. The van der Waals surface area contributed by atoms with Gasteiger partial charge in [0.15, 0.2) is 0 Å². The third-order valence-corrected chi connectivity index (χ3v) is 4.26. The third-order valence-electron chi connectivity index (χ3n) is 4.26. The molecule has 0 aromatic heterocycles. The predicted octanol–water partition coefficient (Wildman–Crippen LogP) is 3.04. The molecule has 2 heteroatoms. The fourth-order valence-corrected chi connectivity index (χ4v) is 3.29. The number of amides is 1. The Morgan fingerprint density at radius 1 is 1.28 bits per heavy atom. The molecular weight excluding hydrogens is 222 g/mol. The van der Waals surface area contributed by atoms with Crippen LogP contribution in [0, 0.1) is 30.1 Å². The van der Waals surface area contributed by atoms with E-state index in [0.29, 0.717) is 11.8 Å². The molecule has 0 spiro atoms. The molecular formula is C16H17NO. The number of hydrogen-bond donors (Lipinski definition) is 1. The number of benzene rings is 1. The van der Waals surface area contributed by atoms with E-state index in [4.69, 9.17) is 6.42 Å². The van der Waals surface area contributed by atoms with Crippen molar-refractivity contribution in [2.24, 2.45) is 17.8 Å². The molecule has 2 fully saturated rings. The van der Waals surface area contributed by atoms with Crippen LogP contribution in [0.4, 0.5) is 5.69 Å². The van der Waals surface area contributed by atoms with Crippen LogP contribution < -0.4 is 5.32 Å². The number of carbonyl (C=O) groups is 1. The molecule has 0 radical (unpaired) electrons. The van der Waals surface area contributed by atoms with Crippen LogP contribution in [0.2, 0.25) is 0 Å². The summed E-state index contributed by atoms with van der Waals surface area (Å²) in [5.41, 5.74) is 1.63. The average Bonchev–Trinajstić information content (AvgIpc) is 3.13. The molecule has 0 aliphatic heterocycles. The van der Waals surface area contributed by atoms with Crippen molar-refractivity contribution in [1.82, 2.24) is 0 Å². The van der Waals surface area contributed by atoms with Gasteiger partial charge in [0.1, 0.15) is 0 Å². The van der Waals surface area contributed by atoms with E-state index in [1.54, 1.807) is 0 Å². The van der Waals surface area contributed by atoms with Crippen LogP contribution in [0.15, 0.2) is 24.3 Å². The molecule has 92 valence electrons. The molecule has 2 nitrogen and oxygen atoms in total. The molecule has 3 rings (SSSR count). The lowest BCUT2D eigenvalue weighted by molar-refractivity contribution is -0.117. The summed E-state index contributed by atoms with van der Waals surface area (Å²) >= 11 is 0. The van der Waals surface area contributed by atoms with Crippen molar-refractivity contribution in [3.05, 3.63) is 29.8 Å². The molecule has 0 heterocycles. The smallest absolute Gasteiger partial charge is 0.228 e. The lowest BCUT2D eigenvalue weighted by atomic mass is 10.0. The Labute approximate surface area is 108 Å². The van der Waals surface area contributed by atoms with Crippen molar-refractivity contribution in [3.63, 3.8) is 0 Å². The lowest BCUT2D eigenvalue weighted by Gasteiger charge is -2.05.